The Bertz CT molecular complexity index is 757. The maximum absolute atomic E-state index is 12.2. The van der Waals surface area contributed by atoms with Gasteiger partial charge in [0.25, 0.3) is 0 Å². The van der Waals surface area contributed by atoms with Crippen molar-refractivity contribution in [1.29, 1.82) is 0 Å². The Balaban J connectivity index is 2.00. The Labute approximate surface area is 140 Å². The second kappa shape index (κ2) is 7.92. The van der Waals surface area contributed by atoms with E-state index in [1.165, 1.54) is 36.3 Å². The summed E-state index contributed by atoms with van der Waals surface area (Å²) in [4.78, 5) is 29.6. The standard InChI is InChI=1S/C18H18N2O4/c1-20(18(23)8-5-13-4-3-9-19-11-13)12-16(22)14-6-7-15(21)17(10-14)24-2/h3-11,21H,12H2,1-2H3. The summed E-state index contributed by atoms with van der Waals surface area (Å²) in [5.41, 5.74) is 1.16. The van der Waals surface area contributed by atoms with Crippen LogP contribution >= 0.6 is 0 Å². The van der Waals surface area contributed by atoms with E-state index in [9.17, 15) is 14.7 Å². The van der Waals surface area contributed by atoms with Crippen molar-refractivity contribution < 1.29 is 19.4 Å². The molecule has 2 aromatic rings. The van der Waals surface area contributed by atoms with Gasteiger partial charge in [0, 0.05) is 31.1 Å². The van der Waals surface area contributed by atoms with E-state index in [0.29, 0.717) is 5.56 Å². The molecule has 0 fully saturated rings. The highest BCUT2D eigenvalue weighted by atomic mass is 16.5. The quantitative estimate of drug-likeness (QED) is 0.650. The predicted molar refractivity (Wildman–Crippen MR) is 89.9 cm³/mol. The van der Waals surface area contributed by atoms with Gasteiger partial charge in [-0.1, -0.05) is 6.07 Å². The zero-order valence-corrected chi connectivity index (χ0v) is 13.5. The average molecular weight is 326 g/mol. The lowest BCUT2D eigenvalue weighted by atomic mass is 10.1. The van der Waals surface area contributed by atoms with Crippen LogP contribution in [0, 0.1) is 0 Å². The van der Waals surface area contributed by atoms with E-state index in [4.69, 9.17) is 4.74 Å². The number of hydrogen-bond donors (Lipinski definition) is 1. The first-order chi connectivity index (χ1) is 11.5. The van der Waals surface area contributed by atoms with Crippen molar-refractivity contribution in [3.05, 3.63) is 59.9 Å². The molecule has 0 spiro atoms. The maximum atomic E-state index is 12.2. The first-order valence-corrected chi connectivity index (χ1v) is 7.24. The van der Waals surface area contributed by atoms with Gasteiger partial charge >= 0.3 is 0 Å². The molecule has 1 aromatic heterocycles. The fraction of sp³-hybridized carbons (Fsp3) is 0.167. The minimum absolute atomic E-state index is 0.0436. The van der Waals surface area contributed by atoms with Gasteiger partial charge in [0.05, 0.1) is 13.7 Å². The van der Waals surface area contributed by atoms with Crippen molar-refractivity contribution in [2.75, 3.05) is 20.7 Å². The van der Waals surface area contributed by atoms with Crippen LogP contribution in [-0.4, -0.2) is 47.4 Å². The summed E-state index contributed by atoms with van der Waals surface area (Å²) in [6.07, 6.45) is 6.31. The summed E-state index contributed by atoms with van der Waals surface area (Å²) >= 11 is 0. The molecule has 1 aromatic carbocycles. The van der Waals surface area contributed by atoms with E-state index in [1.54, 1.807) is 31.6 Å². The number of carbonyl (C=O) groups excluding carboxylic acids is 2. The second-order valence-electron chi connectivity index (χ2n) is 5.12. The first kappa shape index (κ1) is 17.2. The number of amides is 1. The van der Waals surface area contributed by atoms with Crippen molar-refractivity contribution in [3.63, 3.8) is 0 Å². The third-order valence-corrected chi connectivity index (χ3v) is 3.36. The molecule has 124 valence electrons. The van der Waals surface area contributed by atoms with Crippen LogP contribution in [0.25, 0.3) is 6.08 Å². The summed E-state index contributed by atoms with van der Waals surface area (Å²) in [7, 11) is 2.95. The van der Waals surface area contributed by atoms with Crippen LogP contribution < -0.4 is 4.74 Å². The van der Waals surface area contributed by atoms with Crippen LogP contribution in [0.5, 0.6) is 11.5 Å². The highest BCUT2D eigenvalue weighted by molar-refractivity contribution is 6.01. The highest BCUT2D eigenvalue weighted by Crippen LogP contribution is 2.26. The van der Waals surface area contributed by atoms with E-state index in [2.05, 4.69) is 4.98 Å². The molecule has 2 rings (SSSR count). The summed E-state index contributed by atoms with van der Waals surface area (Å²) < 4.78 is 4.98. The van der Waals surface area contributed by atoms with Gasteiger partial charge in [-0.15, -0.1) is 0 Å². The SMILES string of the molecule is COc1cc(C(=O)CN(C)C(=O)C=Cc2cccnc2)ccc1O. The molecule has 0 saturated carbocycles. The molecular formula is C18H18N2O4. The monoisotopic (exact) mass is 326 g/mol. The van der Waals surface area contributed by atoms with Gasteiger partial charge in [0.2, 0.25) is 5.91 Å². The number of nitrogens with zero attached hydrogens (tertiary/aromatic N) is 2. The van der Waals surface area contributed by atoms with Gasteiger partial charge in [-0.25, -0.2) is 0 Å². The molecule has 0 aliphatic carbocycles. The third-order valence-electron chi connectivity index (χ3n) is 3.36. The number of phenolic OH excluding ortho intramolecular Hbond substituents is 1. The van der Waals surface area contributed by atoms with Crippen LogP contribution in [0.2, 0.25) is 0 Å². The van der Waals surface area contributed by atoms with Crippen molar-refractivity contribution in [3.8, 4) is 11.5 Å². The summed E-state index contributed by atoms with van der Waals surface area (Å²) in [5.74, 6) is -0.374. The Hall–Kier alpha value is -3.15. The van der Waals surface area contributed by atoms with Gasteiger partial charge < -0.3 is 14.7 Å². The molecule has 1 amide bonds. The van der Waals surface area contributed by atoms with E-state index in [1.807, 2.05) is 6.07 Å². The zero-order valence-electron chi connectivity index (χ0n) is 13.5. The number of aromatic hydroxyl groups is 1. The van der Waals surface area contributed by atoms with Crippen molar-refractivity contribution in [2.24, 2.45) is 0 Å². The molecule has 0 unspecified atom stereocenters. The summed E-state index contributed by atoms with van der Waals surface area (Å²) in [5, 5.41) is 9.55. The van der Waals surface area contributed by atoms with Crippen LogP contribution in [-0.2, 0) is 4.79 Å². The van der Waals surface area contributed by atoms with Gasteiger partial charge in [-0.2, -0.15) is 0 Å². The number of carbonyl (C=O) groups is 2. The molecule has 0 aliphatic heterocycles. The first-order valence-electron chi connectivity index (χ1n) is 7.24. The van der Waals surface area contributed by atoms with E-state index >= 15 is 0 Å². The number of rotatable bonds is 6. The number of likely N-dealkylation sites (N-methyl/N-ethyl adjacent to an activating group) is 1. The number of hydrogen-bond acceptors (Lipinski definition) is 5. The zero-order chi connectivity index (χ0) is 17.5. The molecular weight excluding hydrogens is 308 g/mol. The Kier molecular flexibility index (Phi) is 5.68. The minimum Gasteiger partial charge on any atom is -0.504 e. The molecule has 0 bridgehead atoms. The van der Waals surface area contributed by atoms with Crippen LogP contribution in [0.1, 0.15) is 15.9 Å². The largest absolute Gasteiger partial charge is 0.504 e. The van der Waals surface area contributed by atoms with Gasteiger partial charge in [-0.05, 0) is 35.9 Å². The molecule has 6 heteroatoms. The van der Waals surface area contributed by atoms with Gasteiger partial charge in [0.1, 0.15) is 0 Å². The number of phenols is 1. The molecule has 1 N–H and O–H groups in total. The average Bonchev–Trinajstić information content (AvgIpc) is 2.60. The topological polar surface area (TPSA) is 79.7 Å². The van der Waals surface area contributed by atoms with E-state index < -0.39 is 0 Å². The number of pyridine rings is 1. The third kappa shape index (κ3) is 4.42. The number of benzene rings is 1. The summed E-state index contributed by atoms with van der Waals surface area (Å²) in [6, 6.07) is 7.92. The maximum Gasteiger partial charge on any atom is 0.246 e. The Morgan fingerprint density at radius 1 is 1.33 bits per heavy atom. The Morgan fingerprint density at radius 3 is 2.79 bits per heavy atom. The van der Waals surface area contributed by atoms with E-state index in [0.717, 1.165) is 5.56 Å². The number of ketones is 1. The fourth-order valence-electron chi connectivity index (χ4n) is 2.00. The lowest BCUT2D eigenvalue weighted by Crippen LogP contribution is -2.30. The Morgan fingerprint density at radius 2 is 2.12 bits per heavy atom. The van der Waals surface area contributed by atoms with Gasteiger partial charge in [0.15, 0.2) is 17.3 Å². The fourth-order valence-corrected chi connectivity index (χ4v) is 2.00. The van der Waals surface area contributed by atoms with Crippen LogP contribution in [0.4, 0.5) is 0 Å². The van der Waals surface area contributed by atoms with Crippen LogP contribution in [0.3, 0.4) is 0 Å². The van der Waals surface area contributed by atoms with Crippen LogP contribution in [0.15, 0.2) is 48.8 Å². The predicted octanol–water partition coefficient (Wildman–Crippen LogP) is 2.15. The number of aromatic nitrogens is 1. The summed E-state index contributed by atoms with van der Waals surface area (Å²) in [6.45, 7) is -0.0792. The van der Waals surface area contributed by atoms with E-state index in [-0.39, 0.29) is 29.7 Å². The lowest BCUT2D eigenvalue weighted by Gasteiger charge is -2.14. The van der Waals surface area contributed by atoms with Crippen molar-refractivity contribution in [2.45, 2.75) is 0 Å². The normalized spacial score (nSPS) is 10.6. The van der Waals surface area contributed by atoms with Crippen molar-refractivity contribution >= 4 is 17.8 Å². The molecule has 0 aliphatic rings. The molecule has 0 radical (unpaired) electrons. The highest BCUT2D eigenvalue weighted by Gasteiger charge is 2.14. The molecule has 0 saturated heterocycles. The molecule has 0 atom stereocenters. The number of ether oxygens (including phenoxy) is 1. The molecule has 1 heterocycles. The second-order valence-corrected chi connectivity index (χ2v) is 5.12. The number of Topliss-reactive ketones (excluding diaryl/α,β-unsaturated/α-hetero) is 1. The minimum atomic E-state index is -0.294. The lowest BCUT2D eigenvalue weighted by molar-refractivity contribution is -0.124. The van der Waals surface area contributed by atoms with Crippen molar-refractivity contribution in [1.82, 2.24) is 9.88 Å². The molecule has 24 heavy (non-hydrogen) atoms. The number of methoxy groups -OCH3 is 1. The molecule has 6 nitrogen and oxygen atoms in total. The smallest absolute Gasteiger partial charge is 0.246 e. The van der Waals surface area contributed by atoms with Gasteiger partial charge in [-0.3, -0.25) is 14.6 Å².